The highest BCUT2D eigenvalue weighted by Crippen LogP contribution is 2.24. The van der Waals surface area contributed by atoms with E-state index in [1.54, 1.807) is 18.4 Å². The zero-order valence-corrected chi connectivity index (χ0v) is 15.2. The fourth-order valence-electron chi connectivity index (χ4n) is 2.32. The Balaban J connectivity index is 1.56. The van der Waals surface area contributed by atoms with Crippen LogP contribution in [-0.2, 0) is 13.5 Å². The van der Waals surface area contributed by atoms with Crippen LogP contribution in [0.4, 0.5) is 0 Å². The minimum atomic E-state index is -0.312. The molecule has 0 fully saturated rings. The van der Waals surface area contributed by atoms with E-state index in [4.69, 9.17) is 4.74 Å². The van der Waals surface area contributed by atoms with Gasteiger partial charge in [-0.1, -0.05) is 0 Å². The summed E-state index contributed by atoms with van der Waals surface area (Å²) in [6.45, 7) is 0.443. The van der Waals surface area contributed by atoms with Crippen LogP contribution in [0, 0.1) is 0 Å². The molecule has 134 valence electrons. The molecule has 0 aliphatic heterocycles. The first kappa shape index (κ1) is 17.8. The second-order valence-electron chi connectivity index (χ2n) is 5.54. The summed E-state index contributed by atoms with van der Waals surface area (Å²) in [5, 5.41) is 9.64. The number of hydrogen-bond acceptors (Lipinski definition) is 6. The van der Waals surface area contributed by atoms with Gasteiger partial charge >= 0.3 is 0 Å². The van der Waals surface area contributed by atoms with Crippen LogP contribution in [0.3, 0.4) is 0 Å². The second kappa shape index (κ2) is 7.92. The summed E-state index contributed by atoms with van der Waals surface area (Å²) in [6, 6.07) is 10.5. The van der Waals surface area contributed by atoms with Gasteiger partial charge in [0.15, 0.2) is 0 Å². The lowest BCUT2D eigenvalue weighted by molar-refractivity contribution is 0.0947. The number of thiazole rings is 1. The number of benzene rings is 1. The molecule has 0 unspecified atom stereocenters. The van der Waals surface area contributed by atoms with Crippen molar-refractivity contribution < 1.29 is 9.53 Å². The highest BCUT2D eigenvalue weighted by Gasteiger charge is 2.09. The van der Waals surface area contributed by atoms with E-state index in [1.807, 2.05) is 29.6 Å². The number of aryl methyl sites for hydroxylation is 1. The minimum Gasteiger partial charge on any atom is -0.497 e. The van der Waals surface area contributed by atoms with Crippen molar-refractivity contribution in [2.24, 2.45) is 7.05 Å². The Morgan fingerprint density at radius 1 is 1.23 bits per heavy atom. The molecule has 8 heteroatoms. The van der Waals surface area contributed by atoms with E-state index >= 15 is 0 Å². The third kappa shape index (κ3) is 4.15. The fourth-order valence-corrected chi connectivity index (χ4v) is 3.12. The zero-order chi connectivity index (χ0) is 18.5. The monoisotopic (exact) mass is 370 g/mol. The molecule has 7 nitrogen and oxygen atoms in total. The zero-order valence-electron chi connectivity index (χ0n) is 14.4. The van der Waals surface area contributed by atoms with E-state index in [0.29, 0.717) is 13.0 Å². The molecule has 2 heterocycles. The third-order valence-corrected chi connectivity index (χ3v) is 4.66. The third-order valence-electron chi connectivity index (χ3n) is 3.76. The molecule has 0 atom stereocenters. The van der Waals surface area contributed by atoms with E-state index in [0.717, 1.165) is 26.7 Å². The lowest BCUT2D eigenvalue weighted by Gasteiger charge is -2.04. The number of nitrogens with one attached hydrogen (secondary N) is 1. The topological polar surface area (TPSA) is 86.1 Å². The fraction of sp³-hybridized carbons (Fsp3) is 0.222. The Labute approximate surface area is 154 Å². The van der Waals surface area contributed by atoms with Crippen molar-refractivity contribution in [3.8, 4) is 17.0 Å². The van der Waals surface area contributed by atoms with Crippen molar-refractivity contribution in [2.75, 3.05) is 13.7 Å². The van der Waals surface area contributed by atoms with Gasteiger partial charge in [0.1, 0.15) is 11.4 Å². The maximum atomic E-state index is 12.1. The number of ether oxygens (including phenoxy) is 1. The van der Waals surface area contributed by atoms with Crippen LogP contribution < -0.4 is 15.6 Å². The van der Waals surface area contributed by atoms with Gasteiger partial charge in [-0.2, -0.15) is 5.10 Å². The molecule has 1 N–H and O–H groups in total. The predicted octanol–water partition coefficient (Wildman–Crippen LogP) is 1.88. The summed E-state index contributed by atoms with van der Waals surface area (Å²) in [6.07, 6.45) is 0.623. The van der Waals surface area contributed by atoms with Crippen LogP contribution in [0.1, 0.15) is 15.5 Å². The molecule has 3 rings (SSSR count). The first-order valence-electron chi connectivity index (χ1n) is 7.98. The Morgan fingerprint density at radius 2 is 2.00 bits per heavy atom. The van der Waals surface area contributed by atoms with Crippen molar-refractivity contribution in [3.63, 3.8) is 0 Å². The number of amides is 1. The largest absolute Gasteiger partial charge is 0.497 e. The maximum Gasteiger partial charge on any atom is 0.271 e. The van der Waals surface area contributed by atoms with Gasteiger partial charge < -0.3 is 10.1 Å². The van der Waals surface area contributed by atoms with Crippen molar-refractivity contribution >= 4 is 17.2 Å². The van der Waals surface area contributed by atoms with Crippen molar-refractivity contribution in [2.45, 2.75) is 6.42 Å². The summed E-state index contributed by atoms with van der Waals surface area (Å²) >= 11 is 1.55. The molecule has 0 aliphatic carbocycles. The average molecular weight is 370 g/mol. The Kier molecular flexibility index (Phi) is 5.43. The standard InChI is InChI=1S/C18H18N4O3S/c1-22-17(23)8-7-14(21-22)18(24)19-10-9-16-20-15(11-26-16)12-3-5-13(25-2)6-4-12/h3-8,11H,9-10H2,1-2H3,(H,19,24). The lowest BCUT2D eigenvalue weighted by Crippen LogP contribution is -2.29. The number of carbonyl (C=O) groups is 1. The van der Waals surface area contributed by atoms with Gasteiger partial charge in [-0.25, -0.2) is 9.67 Å². The van der Waals surface area contributed by atoms with E-state index < -0.39 is 0 Å². The number of methoxy groups -OCH3 is 1. The van der Waals surface area contributed by atoms with Crippen molar-refractivity contribution in [1.29, 1.82) is 0 Å². The molecule has 0 bridgehead atoms. The highest BCUT2D eigenvalue weighted by molar-refractivity contribution is 7.09. The summed E-state index contributed by atoms with van der Waals surface area (Å²) in [5.74, 6) is 0.492. The molecular formula is C18H18N4O3S. The minimum absolute atomic E-state index is 0.213. The average Bonchev–Trinajstić information content (AvgIpc) is 3.13. The van der Waals surface area contributed by atoms with Crippen LogP contribution in [0.2, 0.25) is 0 Å². The van der Waals surface area contributed by atoms with E-state index in [2.05, 4.69) is 15.4 Å². The van der Waals surface area contributed by atoms with E-state index in [-0.39, 0.29) is 17.2 Å². The molecule has 1 aromatic carbocycles. The molecule has 26 heavy (non-hydrogen) atoms. The molecule has 0 aliphatic rings. The molecule has 0 radical (unpaired) electrons. The summed E-state index contributed by atoms with van der Waals surface area (Å²) < 4.78 is 6.29. The van der Waals surface area contributed by atoms with E-state index in [1.165, 1.54) is 19.2 Å². The number of carbonyl (C=O) groups excluding carboxylic acids is 1. The number of rotatable bonds is 6. The normalized spacial score (nSPS) is 10.5. The summed E-state index contributed by atoms with van der Waals surface area (Å²) in [4.78, 5) is 28.0. The SMILES string of the molecule is COc1ccc(-c2csc(CCNC(=O)c3ccc(=O)n(C)n3)n2)cc1. The lowest BCUT2D eigenvalue weighted by atomic mass is 10.2. The molecule has 0 spiro atoms. The maximum absolute atomic E-state index is 12.1. The smallest absolute Gasteiger partial charge is 0.271 e. The van der Waals surface area contributed by atoms with Crippen LogP contribution in [0.25, 0.3) is 11.3 Å². The van der Waals surface area contributed by atoms with Crippen LogP contribution in [0.5, 0.6) is 5.75 Å². The summed E-state index contributed by atoms with van der Waals surface area (Å²) in [5.41, 5.74) is 1.88. The molecule has 2 aromatic heterocycles. The number of hydrogen-bond donors (Lipinski definition) is 1. The number of aromatic nitrogens is 3. The highest BCUT2D eigenvalue weighted by atomic mass is 32.1. The van der Waals surface area contributed by atoms with Gasteiger partial charge in [0, 0.05) is 37.0 Å². The van der Waals surface area contributed by atoms with E-state index in [9.17, 15) is 9.59 Å². The Morgan fingerprint density at radius 3 is 2.69 bits per heavy atom. The van der Waals surface area contributed by atoms with Gasteiger partial charge in [-0.05, 0) is 30.3 Å². The summed E-state index contributed by atoms with van der Waals surface area (Å²) in [7, 11) is 3.14. The Hall–Kier alpha value is -3.00. The predicted molar refractivity (Wildman–Crippen MR) is 99.6 cm³/mol. The van der Waals surface area contributed by atoms with Gasteiger partial charge in [-0.15, -0.1) is 11.3 Å². The van der Waals surface area contributed by atoms with Gasteiger partial charge in [-0.3, -0.25) is 9.59 Å². The molecular weight excluding hydrogens is 352 g/mol. The van der Waals surface area contributed by atoms with Crippen molar-refractivity contribution in [1.82, 2.24) is 20.1 Å². The molecule has 0 saturated carbocycles. The van der Waals surface area contributed by atoms with Gasteiger partial charge in [0.2, 0.25) is 0 Å². The second-order valence-corrected chi connectivity index (χ2v) is 6.48. The first-order chi connectivity index (χ1) is 12.6. The molecule has 3 aromatic rings. The van der Waals surface area contributed by atoms with Gasteiger partial charge in [0.25, 0.3) is 11.5 Å². The van der Waals surface area contributed by atoms with Crippen LogP contribution in [0.15, 0.2) is 46.6 Å². The van der Waals surface area contributed by atoms with Gasteiger partial charge in [0.05, 0.1) is 17.8 Å². The van der Waals surface area contributed by atoms with Crippen LogP contribution >= 0.6 is 11.3 Å². The van der Waals surface area contributed by atoms with Crippen molar-refractivity contribution in [3.05, 3.63) is 62.8 Å². The van der Waals surface area contributed by atoms with Crippen LogP contribution in [-0.4, -0.2) is 34.3 Å². The number of nitrogens with zero attached hydrogens (tertiary/aromatic N) is 3. The first-order valence-corrected chi connectivity index (χ1v) is 8.86. The Bertz CT molecular complexity index is 963. The molecule has 1 amide bonds. The quantitative estimate of drug-likeness (QED) is 0.716. The molecule has 0 saturated heterocycles.